The van der Waals surface area contributed by atoms with Crippen molar-refractivity contribution in [2.24, 2.45) is 7.05 Å². The van der Waals surface area contributed by atoms with Crippen molar-refractivity contribution in [3.8, 4) is 11.3 Å². The van der Waals surface area contributed by atoms with E-state index in [-0.39, 0.29) is 35.2 Å². The Labute approximate surface area is 176 Å². The lowest BCUT2D eigenvalue weighted by Crippen LogP contribution is -2.47. The topological polar surface area (TPSA) is 72.3 Å². The van der Waals surface area contributed by atoms with E-state index >= 15 is 0 Å². The smallest absolute Gasteiger partial charge is 0.233 e. The molecule has 1 saturated carbocycles. The van der Waals surface area contributed by atoms with Crippen molar-refractivity contribution in [1.29, 1.82) is 0 Å². The number of carbonyl (C=O) groups is 1. The van der Waals surface area contributed by atoms with Crippen LogP contribution >= 0.6 is 11.8 Å². The molecule has 1 saturated heterocycles. The third-order valence-corrected chi connectivity index (χ3v) is 8.73. The van der Waals surface area contributed by atoms with Gasteiger partial charge in [0.1, 0.15) is 0 Å². The lowest BCUT2D eigenvalue weighted by atomic mass is 10.1. The molecule has 1 aliphatic carbocycles. The predicted molar refractivity (Wildman–Crippen MR) is 116 cm³/mol. The van der Waals surface area contributed by atoms with Crippen molar-refractivity contribution < 1.29 is 13.2 Å². The average molecular weight is 434 g/mol. The Morgan fingerprint density at radius 1 is 1.17 bits per heavy atom. The summed E-state index contributed by atoms with van der Waals surface area (Å²) in [4.78, 5) is 19.6. The summed E-state index contributed by atoms with van der Waals surface area (Å²) >= 11 is 1.43. The monoisotopic (exact) mass is 433 g/mol. The molecule has 1 aliphatic heterocycles. The van der Waals surface area contributed by atoms with Gasteiger partial charge in [-0.05, 0) is 24.8 Å². The number of nitrogens with zero attached hydrogens (tertiary/aromatic N) is 3. The molecule has 0 N–H and O–H groups in total. The van der Waals surface area contributed by atoms with Gasteiger partial charge in [-0.25, -0.2) is 13.4 Å². The standard InChI is InChI=1S/C21H27N3O3S2/c1-23-19(16-7-3-2-4-8-16)13-22-21(23)28-14-20(25)24(17-9-5-6-10-17)18-11-12-29(26,27)15-18/h2-4,7-8,13,17-18H,5-6,9-12,14-15H2,1H3/t18-/m0/s1. The van der Waals surface area contributed by atoms with Crippen LogP contribution in [0.15, 0.2) is 41.7 Å². The number of hydrogen-bond donors (Lipinski definition) is 0. The van der Waals surface area contributed by atoms with E-state index in [0.717, 1.165) is 42.1 Å². The molecular formula is C21H27N3O3S2. The third kappa shape index (κ3) is 4.53. The normalized spacial score (nSPS) is 21.5. The quantitative estimate of drug-likeness (QED) is 0.655. The summed E-state index contributed by atoms with van der Waals surface area (Å²) in [7, 11) is -1.06. The Morgan fingerprint density at radius 2 is 1.90 bits per heavy atom. The lowest BCUT2D eigenvalue weighted by Gasteiger charge is -2.34. The van der Waals surface area contributed by atoms with Gasteiger partial charge < -0.3 is 9.47 Å². The molecule has 6 nitrogen and oxygen atoms in total. The first kappa shape index (κ1) is 20.5. The van der Waals surface area contributed by atoms with E-state index in [1.54, 1.807) is 0 Å². The number of sulfone groups is 1. The van der Waals surface area contributed by atoms with Crippen molar-refractivity contribution in [3.63, 3.8) is 0 Å². The Balaban J connectivity index is 1.46. The first-order valence-electron chi connectivity index (χ1n) is 10.2. The zero-order valence-corrected chi connectivity index (χ0v) is 18.3. The summed E-state index contributed by atoms with van der Waals surface area (Å²) in [5.74, 6) is 0.626. The minimum Gasteiger partial charge on any atom is -0.335 e. The lowest BCUT2D eigenvalue weighted by molar-refractivity contribution is -0.132. The van der Waals surface area contributed by atoms with Gasteiger partial charge in [0.05, 0.1) is 29.1 Å². The summed E-state index contributed by atoms with van der Waals surface area (Å²) in [6, 6.07) is 10.1. The Hall–Kier alpha value is -1.80. The van der Waals surface area contributed by atoms with E-state index in [1.165, 1.54) is 11.8 Å². The number of benzene rings is 1. The largest absolute Gasteiger partial charge is 0.335 e. The summed E-state index contributed by atoms with van der Waals surface area (Å²) in [6.07, 6.45) is 6.58. The molecule has 156 valence electrons. The predicted octanol–water partition coefficient (Wildman–Crippen LogP) is 3.14. The maximum atomic E-state index is 13.2. The van der Waals surface area contributed by atoms with E-state index in [0.29, 0.717) is 6.42 Å². The van der Waals surface area contributed by atoms with Crippen LogP contribution in [0.5, 0.6) is 0 Å². The number of hydrogen-bond acceptors (Lipinski definition) is 5. The van der Waals surface area contributed by atoms with Gasteiger partial charge in [0.25, 0.3) is 0 Å². The van der Waals surface area contributed by atoms with Crippen LogP contribution in [-0.2, 0) is 21.7 Å². The van der Waals surface area contributed by atoms with Gasteiger partial charge in [0.15, 0.2) is 15.0 Å². The minimum atomic E-state index is -3.02. The van der Waals surface area contributed by atoms with Gasteiger partial charge in [-0.1, -0.05) is 54.9 Å². The van der Waals surface area contributed by atoms with Crippen molar-refractivity contribution in [2.45, 2.75) is 49.3 Å². The van der Waals surface area contributed by atoms with Crippen LogP contribution in [0.25, 0.3) is 11.3 Å². The van der Waals surface area contributed by atoms with Crippen molar-refractivity contribution >= 4 is 27.5 Å². The van der Waals surface area contributed by atoms with Gasteiger partial charge in [-0.2, -0.15) is 0 Å². The second kappa shape index (κ2) is 8.52. The molecule has 0 unspecified atom stereocenters. The molecule has 2 fully saturated rings. The Kier molecular flexibility index (Phi) is 6.01. The first-order valence-corrected chi connectivity index (χ1v) is 13.0. The van der Waals surface area contributed by atoms with Crippen molar-refractivity contribution in [2.75, 3.05) is 17.3 Å². The molecule has 1 atom stereocenters. The molecule has 2 aromatic rings. The zero-order valence-electron chi connectivity index (χ0n) is 16.7. The summed E-state index contributed by atoms with van der Waals surface area (Å²) < 4.78 is 26.0. The molecule has 4 rings (SSSR count). The van der Waals surface area contributed by atoms with Gasteiger partial charge >= 0.3 is 0 Å². The van der Waals surface area contributed by atoms with Gasteiger partial charge in [-0.15, -0.1) is 0 Å². The highest BCUT2D eigenvalue weighted by Gasteiger charge is 2.38. The molecular weight excluding hydrogens is 406 g/mol. The number of imidazole rings is 1. The Bertz CT molecular complexity index is 966. The van der Waals surface area contributed by atoms with Crippen LogP contribution in [-0.4, -0.2) is 58.1 Å². The van der Waals surface area contributed by atoms with Crippen LogP contribution in [0, 0.1) is 0 Å². The summed E-state index contributed by atoms with van der Waals surface area (Å²) in [6.45, 7) is 0. The molecule has 2 aliphatic rings. The molecule has 1 amide bonds. The third-order valence-electron chi connectivity index (χ3n) is 5.95. The highest BCUT2D eigenvalue weighted by molar-refractivity contribution is 7.99. The minimum absolute atomic E-state index is 0.0354. The van der Waals surface area contributed by atoms with E-state index < -0.39 is 9.84 Å². The Morgan fingerprint density at radius 3 is 2.55 bits per heavy atom. The fourth-order valence-corrected chi connectivity index (χ4v) is 7.02. The van der Waals surface area contributed by atoms with Crippen LogP contribution in [0.2, 0.25) is 0 Å². The SMILES string of the molecule is Cn1c(-c2ccccc2)cnc1SCC(=O)N(C1CCCC1)[C@H]1CCS(=O)(=O)C1. The van der Waals surface area contributed by atoms with Crippen LogP contribution in [0.3, 0.4) is 0 Å². The van der Waals surface area contributed by atoms with Crippen LogP contribution < -0.4 is 0 Å². The molecule has 1 aromatic carbocycles. The molecule has 0 bridgehead atoms. The molecule has 2 heterocycles. The summed E-state index contributed by atoms with van der Waals surface area (Å²) in [5.41, 5.74) is 2.10. The number of carbonyl (C=O) groups excluding carboxylic acids is 1. The van der Waals surface area contributed by atoms with E-state index in [4.69, 9.17) is 0 Å². The van der Waals surface area contributed by atoms with Crippen molar-refractivity contribution in [1.82, 2.24) is 14.5 Å². The zero-order chi connectivity index (χ0) is 20.4. The molecule has 0 radical (unpaired) electrons. The summed E-state index contributed by atoms with van der Waals surface area (Å²) in [5, 5.41) is 0.794. The fraction of sp³-hybridized carbons (Fsp3) is 0.524. The van der Waals surface area contributed by atoms with Gasteiger partial charge in [0, 0.05) is 19.1 Å². The van der Waals surface area contributed by atoms with Crippen LogP contribution in [0.1, 0.15) is 32.1 Å². The van der Waals surface area contributed by atoms with Gasteiger partial charge in [-0.3, -0.25) is 4.79 Å². The number of amides is 1. The van der Waals surface area contributed by atoms with E-state index in [2.05, 4.69) is 4.98 Å². The maximum Gasteiger partial charge on any atom is 0.233 e. The molecule has 0 spiro atoms. The number of rotatable bonds is 6. The maximum absolute atomic E-state index is 13.2. The number of aromatic nitrogens is 2. The molecule has 29 heavy (non-hydrogen) atoms. The van der Waals surface area contributed by atoms with Crippen LogP contribution in [0.4, 0.5) is 0 Å². The fourth-order valence-electron chi connectivity index (χ4n) is 4.49. The number of thioether (sulfide) groups is 1. The molecule has 8 heteroatoms. The van der Waals surface area contributed by atoms with E-state index in [1.807, 2.05) is 53.0 Å². The highest BCUT2D eigenvalue weighted by Crippen LogP contribution is 2.31. The highest BCUT2D eigenvalue weighted by atomic mass is 32.2. The average Bonchev–Trinajstić information content (AvgIpc) is 3.43. The first-order chi connectivity index (χ1) is 13.9. The second-order valence-electron chi connectivity index (χ2n) is 7.94. The van der Waals surface area contributed by atoms with E-state index in [9.17, 15) is 13.2 Å². The van der Waals surface area contributed by atoms with Crippen molar-refractivity contribution in [3.05, 3.63) is 36.5 Å². The van der Waals surface area contributed by atoms with Gasteiger partial charge in [0.2, 0.25) is 5.91 Å². The second-order valence-corrected chi connectivity index (χ2v) is 11.1. The molecule has 1 aromatic heterocycles.